The number of hydrazone groups is 1. The fourth-order valence-electron chi connectivity index (χ4n) is 2.70. The third kappa shape index (κ3) is 4.73. The Morgan fingerprint density at radius 1 is 1.14 bits per heavy atom. The van der Waals surface area contributed by atoms with Crippen molar-refractivity contribution in [1.29, 1.82) is 0 Å². The second-order valence-electron chi connectivity index (χ2n) is 6.26. The molecule has 9 heteroatoms. The lowest BCUT2D eigenvalue weighted by molar-refractivity contribution is -0.385. The highest BCUT2D eigenvalue weighted by Crippen LogP contribution is 2.29. The zero-order chi connectivity index (χ0) is 20.9. The molecule has 0 unspecified atom stereocenters. The lowest BCUT2D eigenvalue weighted by Gasteiger charge is -2.20. The summed E-state index contributed by atoms with van der Waals surface area (Å²) >= 11 is 0. The maximum absolute atomic E-state index is 12.9. The molecule has 0 saturated carbocycles. The Bertz CT molecular complexity index is 999. The SMILES string of the molecule is CCN(CC)S(=O)(=O)c1cc([N+](=O)[O-])ccc1N/N=C/c1cc(C)ccc1C. The third-order valence-electron chi connectivity index (χ3n) is 4.32. The Labute approximate surface area is 165 Å². The molecule has 28 heavy (non-hydrogen) atoms. The molecule has 0 radical (unpaired) electrons. The van der Waals surface area contributed by atoms with Crippen LogP contribution in [0.4, 0.5) is 11.4 Å². The van der Waals surface area contributed by atoms with Crippen LogP contribution in [0.25, 0.3) is 0 Å². The summed E-state index contributed by atoms with van der Waals surface area (Å²) in [5, 5.41) is 15.3. The number of hydrogen-bond donors (Lipinski definition) is 1. The Morgan fingerprint density at radius 2 is 1.82 bits per heavy atom. The molecule has 2 aromatic carbocycles. The van der Waals surface area contributed by atoms with Gasteiger partial charge in [0.2, 0.25) is 10.0 Å². The largest absolute Gasteiger partial charge is 0.277 e. The van der Waals surface area contributed by atoms with Crippen molar-refractivity contribution < 1.29 is 13.3 Å². The molecule has 0 spiro atoms. The molecule has 0 heterocycles. The van der Waals surface area contributed by atoms with Gasteiger partial charge in [-0.2, -0.15) is 9.41 Å². The van der Waals surface area contributed by atoms with Gasteiger partial charge in [0.25, 0.3) is 5.69 Å². The Balaban J connectivity index is 2.45. The lowest BCUT2D eigenvalue weighted by atomic mass is 10.1. The minimum atomic E-state index is -3.91. The van der Waals surface area contributed by atoms with Gasteiger partial charge in [-0.3, -0.25) is 15.5 Å². The molecule has 0 atom stereocenters. The van der Waals surface area contributed by atoms with Crippen LogP contribution in [0, 0.1) is 24.0 Å². The van der Waals surface area contributed by atoms with Crippen molar-refractivity contribution in [1.82, 2.24) is 4.31 Å². The van der Waals surface area contributed by atoms with Crippen molar-refractivity contribution >= 4 is 27.6 Å². The van der Waals surface area contributed by atoms with Gasteiger partial charge < -0.3 is 0 Å². The molecule has 0 aliphatic rings. The predicted molar refractivity (Wildman–Crippen MR) is 110 cm³/mol. The van der Waals surface area contributed by atoms with Crippen LogP contribution in [0.15, 0.2) is 46.4 Å². The van der Waals surface area contributed by atoms with Crippen LogP contribution in [0.5, 0.6) is 0 Å². The molecule has 150 valence electrons. The number of anilines is 1. The highest BCUT2D eigenvalue weighted by Gasteiger charge is 2.27. The Morgan fingerprint density at radius 3 is 2.43 bits per heavy atom. The highest BCUT2D eigenvalue weighted by atomic mass is 32.2. The summed E-state index contributed by atoms with van der Waals surface area (Å²) in [5.41, 5.74) is 5.60. The first kappa shape index (κ1) is 21.5. The summed E-state index contributed by atoms with van der Waals surface area (Å²) in [5.74, 6) is 0. The molecule has 2 rings (SSSR count). The smallest absolute Gasteiger partial charge is 0.270 e. The van der Waals surface area contributed by atoms with Crippen LogP contribution in [-0.4, -0.2) is 37.0 Å². The maximum atomic E-state index is 12.9. The second-order valence-corrected chi connectivity index (χ2v) is 8.16. The Hall–Kier alpha value is -2.78. The van der Waals surface area contributed by atoms with Gasteiger partial charge in [-0.05, 0) is 31.0 Å². The van der Waals surface area contributed by atoms with E-state index in [0.29, 0.717) is 0 Å². The number of nitrogens with one attached hydrogen (secondary N) is 1. The highest BCUT2D eigenvalue weighted by molar-refractivity contribution is 7.89. The molecule has 0 saturated heterocycles. The number of non-ortho nitro benzene ring substituents is 1. The van der Waals surface area contributed by atoms with Gasteiger partial charge in [0, 0.05) is 25.2 Å². The summed E-state index contributed by atoms with van der Waals surface area (Å²) in [6.45, 7) is 7.85. The normalized spacial score (nSPS) is 11.9. The number of hydrogen-bond acceptors (Lipinski definition) is 6. The average molecular weight is 404 g/mol. The first-order valence-electron chi connectivity index (χ1n) is 8.85. The molecule has 0 bridgehead atoms. The fourth-order valence-corrected chi connectivity index (χ4v) is 4.32. The van der Waals surface area contributed by atoms with Gasteiger partial charge in [0.1, 0.15) is 4.90 Å². The van der Waals surface area contributed by atoms with Gasteiger partial charge >= 0.3 is 0 Å². The molecular weight excluding hydrogens is 380 g/mol. The van der Waals surface area contributed by atoms with E-state index in [1.807, 2.05) is 32.0 Å². The molecule has 8 nitrogen and oxygen atoms in total. The number of nitro groups is 1. The van der Waals surface area contributed by atoms with Crippen LogP contribution in [0.3, 0.4) is 0 Å². The molecule has 2 aromatic rings. The number of rotatable bonds is 8. The van der Waals surface area contributed by atoms with Gasteiger partial charge in [-0.1, -0.05) is 37.6 Å². The number of nitrogens with zero attached hydrogens (tertiary/aromatic N) is 3. The summed E-state index contributed by atoms with van der Waals surface area (Å²) in [7, 11) is -3.91. The van der Waals surface area contributed by atoms with E-state index in [4.69, 9.17) is 0 Å². The van der Waals surface area contributed by atoms with Gasteiger partial charge in [0.05, 0.1) is 16.8 Å². The van der Waals surface area contributed by atoms with Crippen molar-refractivity contribution in [3.05, 3.63) is 63.2 Å². The van der Waals surface area contributed by atoms with Crippen LogP contribution in [-0.2, 0) is 10.0 Å². The fraction of sp³-hybridized carbons (Fsp3) is 0.316. The van der Waals surface area contributed by atoms with E-state index in [1.165, 1.54) is 16.4 Å². The van der Waals surface area contributed by atoms with Crippen LogP contribution < -0.4 is 5.43 Å². The monoisotopic (exact) mass is 404 g/mol. The lowest BCUT2D eigenvalue weighted by Crippen LogP contribution is -2.31. The zero-order valence-electron chi connectivity index (χ0n) is 16.3. The number of nitro benzene ring substituents is 1. The quantitative estimate of drug-likeness (QED) is 0.410. The average Bonchev–Trinajstić information content (AvgIpc) is 2.65. The number of aryl methyl sites for hydroxylation is 2. The minimum absolute atomic E-state index is 0.177. The van der Waals surface area contributed by atoms with Crippen molar-refractivity contribution in [2.24, 2.45) is 5.10 Å². The first-order chi connectivity index (χ1) is 13.2. The van der Waals surface area contributed by atoms with Gasteiger partial charge in [-0.25, -0.2) is 8.42 Å². The van der Waals surface area contributed by atoms with Crippen molar-refractivity contribution in [2.75, 3.05) is 18.5 Å². The van der Waals surface area contributed by atoms with Crippen LogP contribution in [0.1, 0.15) is 30.5 Å². The van der Waals surface area contributed by atoms with E-state index in [2.05, 4.69) is 10.5 Å². The standard InChI is InChI=1S/C19H24N4O4S/c1-5-22(6-2)28(26,27)19-12-17(23(24)25)9-10-18(19)21-20-13-16-11-14(3)7-8-15(16)4/h7-13,21H,5-6H2,1-4H3/b20-13+. The summed E-state index contributed by atoms with van der Waals surface area (Å²) in [6, 6.07) is 9.59. The maximum Gasteiger partial charge on any atom is 0.270 e. The van der Waals surface area contributed by atoms with E-state index >= 15 is 0 Å². The molecule has 0 fully saturated rings. The van der Waals surface area contributed by atoms with Crippen molar-refractivity contribution in [3.8, 4) is 0 Å². The summed E-state index contributed by atoms with van der Waals surface area (Å²) < 4.78 is 27.1. The number of sulfonamides is 1. The van der Waals surface area contributed by atoms with Crippen molar-refractivity contribution in [3.63, 3.8) is 0 Å². The number of benzene rings is 2. The molecule has 0 aliphatic heterocycles. The summed E-state index contributed by atoms with van der Waals surface area (Å²) in [6.07, 6.45) is 1.59. The van der Waals surface area contributed by atoms with E-state index in [0.717, 1.165) is 22.8 Å². The first-order valence-corrected chi connectivity index (χ1v) is 10.3. The molecular formula is C19H24N4O4S. The molecule has 0 aliphatic carbocycles. The van der Waals surface area contributed by atoms with Gasteiger partial charge in [0.15, 0.2) is 0 Å². The van der Waals surface area contributed by atoms with E-state index in [9.17, 15) is 18.5 Å². The Kier molecular flexibility index (Phi) is 6.87. The van der Waals surface area contributed by atoms with E-state index < -0.39 is 14.9 Å². The van der Waals surface area contributed by atoms with Crippen LogP contribution in [0.2, 0.25) is 0 Å². The van der Waals surface area contributed by atoms with Gasteiger partial charge in [-0.15, -0.1) is 0 Å². The molecule has 1 N–H and O–H groups in total. The molecule has 0 amide bonds. The van der Waals surface area contributed by atoms with Crippen molar-refractivity contribution in [2.45, 2.75) is 32.6 Å². The topological polar surface area (TPSA) is 105 Å². The second kappa shape index (κ2) is 8.94. The van der Waals surface area contributed by atoms with Crippen LogP contribution >= 0.6 is 0 Å². The molecule has 0 aromatic heterocycles. The zero-order valence-corrected chi connectivity index (χ0v) is 17.2. The third-order valence-corrected chi connectivity index (χ3v) is 6.41. The predicted octanol–water partition coefficient (Wildman–Crippen LogP) is 3.69. The van der Waals surface area contributed by atoms with E-state index in [1.54, 1.807) is 20.1 Å². The summed E-state index contributed by atoms with van der Waals surface area (Å²) in [4.78, 5) is 10.3. The minimum Gasteiger partial charge on any atom is -0.277 e. The van der Waals surface area contributed by atoms with E-state index in [-0.39, 0.29) is 29.4 Å².